The maximum Gasteiger partial charge on any atom is 0.265 e. The summed E-state index contributed by atoms with van der Waals surface area (Å²) < 4.78 is 15.6. The quantitative estimate of drug-likeness (QED) is 0.649. The third-order valence-corrected chi connectivity index (χ3v) is 3.28. The van der Waals surface area contributed by atoms with Gasteiger partial charge in [0.25, 0.3) is 5.91 Å². The first-order valence-electron chi connectivity index (χ1n) is 6.74. The number of carbonyl (C=O) groups excluding carboxylic acids is 2. The van der Waals surface area contributed by atoms with E-state index in [9.17, 15) is 9.59 Å². The number of rotatable bonds is 6. The molecule has 0 aliphatic carbocycles. The van der Waals surface area contributed by atoms with Crippen LogP contribution in [0, 0.1) is 0 Å². The number of amides is 2. The number of methoxy groups -OCH3 is 3. The van der Waals surface area contributed by atoms with E-state index in [1.165, 1.54) is 21.3 Å². The van der Waals surface area contributed by atoms with Gasteiger partial charge in [-0.3, -0.25) is 15.0 Å². The van der Waals surface area contributed by atoms with E-state index < -0.39 is 0 Å². The lowest BCUT2D eigenvalue weighted by atomic mass is 10.1. The van der Waals surface area contributed by atoms with Crippen LogP contribution in [-0.4, -0.2) is 39.3 Å². The molecule has 1 aromatic carbocycles. The van der Waals surface area contributed by atoms with Crippen molar-refractivity contribution >= 4 is 11.8 Å². The third kappa shape index (κ3) is 3.40. The van der Waals surface area contributed by atoms with Gasteiger partial charge in [0.1, 0.15) is 0 Å². The number of hydrogen-bond acceptors (Lipinski definition) is 6. The van der Waals surface area contributed by atoms with Crippen molar-refractivity contribution in [1.29, 1.82) is 0 Å². The van der Waals surface area contributed by atoms with E-state index >= 15 is 0 Å². The maximum atomic E-state index is 12.2. The Morgan fingerprint density at radius 1 is 1.18 bits per heavy atom. The molecule has 8 nitrogen and oxygen atoms in total. The first-order valence-corrected chi connectivity index (χ1v) is 6.74. The molecule has 1 atom stereocenters. The Morgan fingerprint density at radius 2 is 1.82 bits per heavy atom. The van der Waals surface area contributed by atoms with Crippen molar-refractivity contribution in [3.8, 4) is 17.2 Å². The number of hydrazine groups is 1. The van der Waals surface area contributed by atoms with Gasteiger partial charge in [0.15, 0.2) is 11.5 Å². The molecule has 0 bridgehead atoms. The first kappa shape index (κ1) is 15.9. The molecule has 1 fully saturated rings. The van der Waals surface area contributed by atoms with E-state index in [0.29, 0.717) is 35.7 Å². The summed E-state index contributed by atoms with van der Waals surface area (Å²) in [5.41, 5.74) is 5.65. The van der Waals surface area contributed by atoms with Crippen LogP contribution in [0.15, 0.2) is 12.1 Å². The Hall–Kier alpha value is -2.48. The second kappa shape index (κ2) is 6.99. The SMILES string of the molecule is COc1cc(C(=O)NNC2CCC(=O)N2)cc(OC)c1OC. The molecule has 0 spiro atoms. The minimum Gasteiger partial charge on any atom is -0.493 e. The highest BCUT2D eigenvalue weighted by Gasteiger charge is 2.22. The van der Waals surface area contributed by atoms with Gasteiger partial charge in [0.2, 0.25) is 11.7 Å². The molecule has 2 amide bonds. The standard InChI is InChI=1S/C14H19N3O5/c1-20-9-6-8(7-10(21-2)13(9)22-3)14(19)17-16-11-4-5-12(18)15-11/h6-7,11,16H,4-5H2,1-3H3,(H,15,18)(H,17,19). The zero-order chi connectivity index (χ0) is 16.1. The predicted molar refractivity (Wildman–Crippen MR) is 77.9 cm³/mol. The summed E-state index contributed by atoms with van der Waals surface area (Å²) in [5.74, 6) is 0.778. The summed E-state index contributed by atoms with van der Waals surface area (Å²) in [6, 6.07) is 3.09. The summed E-state index contributed by atoms with van der Waals surface area (Å²) in [4.78, 5) is 23.3. The Labute approximate surface area is 128 Å². The molecule has 0 aromatic heterocycles. The smallest absolute Gasteiger partial charge is 0.265 e. The van der Waals surface area contributed by atoms with Crippen LogP contribution in [0.2, 0.25) is 0 Å². The van der Waals surface area contributed by atoms with E-state index in [1.54, 1.807) is 12.1 Å². The molecule has 1 aliphatic heterocycles. The van der Waals surface area contributed by atoms with Crippen molar-refractivity contribution in [2.24, 2.45) is 0 Å². The van der Waals surface area contributed by atoms with Gasteiger partial charge in [-0.25, -0.2) is 5.43 Å². The molecule has 22 heavy (non-hydrogen) atoms. The number of carbonyl (C=O) groups is 2. The van der Waals surface area contributed by atoms with Gasteiger partial charge in [-0.1, -0.05) is 0 Å². The number of nitrogens with one attached hydrogen (secondary N) is 3. The van der Waals surface area contributed by atoms with E-state index in [4.69, 9.17) is 14.2 Å². The summed E-state index contributed by atoms with van der Waals surface area (Å²) in [7, 11) is 4.45. The molecule has 1 aliphatic rings. The van der Waals surface area contributed by atoms with Crippen LogP contribution in [0.1, 0.15) is 23.2 Å². The molecular formula is C14H19N3O5. The monoisotopic (exact) mass is 309 g/mol. The van der Waals surface area contributed by atoms with Crippen LogP contribution in [0.25, 0.3) is 0 Å². The van der Waals surface area contributed by atoms with Crippen LogP contribution >= 0.6 is 0 Å². The lowest BCUT2D eigenvalue weighted by Gasteiger charge is -2.16. The highest BCUT2D eigenvalue weighted by Crippen LogP contribution is 2.38. The molecule has 1 unspecified atom stereocenters. The van der Waals surface area contributed by atoms with Gasteiger partial charge < -0.3 is 19.5 Å². The molecular weight excluding hydrogens is 290 g/mol. The fourth-order valence-corrected chi connectivity index (χ4v) is 2.16. The first-order chi connectivity index (χ1) is 10.6. The third-order valence-electron chi connectivity index (χ3n) is 3.28. The average molecular weight is 309 g/mol. The van der Waals surface area contributed by atoms with Crippen LogP contribution in [0.4, 0.5) is 0 Å². The van der Waals surface area contributed by atoms with Gasteiger partial charge in [-0.05, 0) is 18.6 Å². The number of hydrogen-bond donors (Lipinski definition) is 3. The summed E-state index contributed by atoms with van der Waals surface area (Å²) in [6.45, 7) is 0. The van der Waals surface area contributed by atoms with Crippen molar-refractivity contribution in [2.45, 2.75) is 19.0 Å². The van der Waals surface area contributed by atoms with Gasteiger partial charge in [-0.2, -0.15) is 0 Å². The molecule has 0 radical (unpaired) electrons. The Kier molecular flexibility index (Phi) is 5.05. The number of ether oxygens (including phenoxy) is 3. The lowest BCUT2D eigenvalue weighted by molar-refractivity contribution is -0.119. The summed E-state index contributed by atoms with van der Waals surface area (Å²) in [6.07, 6.45) is 0.796. The molecule has 0 saturated carbocycles. The number of benzene rings is 1. The van der Waals surface area contributed by atoms with Gasteiger partial charge in [0, 0.05) is 12.0 Å². The lowest BCUT2D eigenvalue weighted by Crippen LogP contribution is -2.49. The fraction of sp³-hybridized carbons (Fsp3) is 0.429. The molecule has 120 valence electrons. The maximum absolute atomic E-state index is 12.2. The Morgan fingerprint density at radius 3 is 2.27 bits per heavy atom. The summed E-state index contributed by atoms with van der Waals surface area (Å²) >= 11 is 0. The van der Waals surface area contributed by atoms with Crippen molar-refractivity contribution in [3.05, 3.63) is 17.7 Å². The molecule has 3 N–H and O–H groups in total. The zero-order valence-electron chi connectivity index (χ0n) is 12.7. The van der Waals surface area contributed by atoms with E-state index in [0.717, 1.165) is 0 Å². The minimum absolute atomic E-state index is 0.0421. The van der Waals surface area contributed by atoms with Crippen LogP contribution < -0.4 is 30.4 Å². The second-order valence-electron chi connectivity index (χ2n) is 4.67. The fourth-order valence-electron chi connectivity index (χ4n) is 2.16. The predicted octanol–water partition coefficient (Wildman–Crippen LogP) is 0.183. The van der Waals surface area contributed by atoms with E-state index in [2.05, 4.69) is 16.2 Å². The largest absolute Gasteiger partial charge is 0.493 e. The van der Waals surface area contributed by atoms with Gasteiger partial charge >= 0.3 is 0 Å². The van der Waals surface area contributed by atoms with Crippen molar-refractivity contribution in [1.82, 2.24) is 16.2 Å². The molecule has 2 rings (SSSR count). The Bertz CT molecular complexity index is 551. The Balaban J connectivity index is 2.10. The average Bonchev–Trinajstić information content (AvgIpc) is 2.96. The molecule has 1 aromatic rings. The van der Waals surface area contributed by atoms with Gasteiger partial charge in [0.05, 0.1) is 27.5 Å². The van der Waals surface area contributed by atoms with Crippen LogP contribution in [0.5, 0.6) is 17.2 Å². The zero-order valence-corrected chi connectivity index (χ0v) is 12.7. The highest BCUT2D eigenvalue weighted by atomic mass is 16.5. The van der Waals surface area contributed by atoms with Crippen molar-refractivity contribution in [3.63, 3.8) is 0 Å². The van der Waals surface area contributed by atoms with Crippen molar-refractivity contribution in [2.75, 3.05) is 21.3 Å². The minimum atomic E-state index is -0.375. The second-order valence-corrected chi connectivity index (χ2v) is 4.67. The van der Waals surface area contributed by atoms with Gasteiger partial charge in [-0.15, -0.1) is 0 Å². The van der Waals surface area contributed by atoms with E-state index in [1.807, 2.05) is 0 Å². The van der Waals surface area contributed by atoms with E-state index in [-0.39, 0.29) is 18.0 Å². The molecule has 1 heterocycles. The molecule has 1 saturated heterocycles. The van der Waals surface area contributed by atoms with Crippen LogP contribution in [0.3, 0.4) is 0 Å². The topological polar surface area (TPSA) is 97.9 Å². The van der Waals surface area contributed by atoms with Crippen LogP contribution in [-0.2, 0) is 4.79 Å². The normalized spacial score (nSPS) is 16.9. The molecule has 8 heteroatoms. The van der Waals surface area contributed by atoms with Crippen molar-refractivity contribution < 1.29 is 23.8 Å². The summed E-state index contributed by atoms with van der Waals surface area (Å²) in [5, 5.41) is 2.69. The highest BCUT2D eigenvalue weighted by molar-refractivity contribution is 5.95.